The normalized spacial score (nSPS) is 27.1. The molecule has 1 heterocycles. The van der Waals surface area contributed by atoms with Crippen LogP contribution in [-0.4, -0.2) is 33.4 Å². The third kappa shape index (κ3) is 2.69. The third-order valence-electron chi connectivity index (χ3n) is 3.95. The van der Waals surface area contributed by atoms with Gasteiger partial charge in [-0.25, -0.2) is 0 Å². The molecule has 0 amide bonds. The first-order valence-corrected chi connectivity index (χ1v) is 6.90. The predicted octanol–water partition coefficient (Wildman–Crippen LogP) is 2.14. The van der Waals surface area contributed by atoms with Crippen LogP contribution in [0.15, 0.2) is 18.2 Å². The van der Waals surface area contributed by atoms with Gasteiger partial charge in [0, 0.05) is 18.7 Å². The summed E-state index contributed by atoms with van der Waals surface area (Å²) in [6.07, 6.45) is 2.99. The molecule has 1 aromatic rings. The lowest BCUT2D eigenvalue weighted by atomic mass is 10.0. The number of benzene rings is 1. The van der Waals surface area contributed by atoms with E-state index >= 15 is 0 Å². The largest absolute Gasteiger partial charge is 0.497 e. The van der Waals surface area contributed by atoms with Crippen molar-refractivity contribution in [3.8, 4) is 11.5 Å². The Morgan fingerprint density at radius 1 is 1.16 bits per heavy atom. The Morgan fingerprint density at radius 3 is 2.68 bits per heavy atom. The van der Waals surface area contributed by atoms with Gasteiger partial charge in [-0.15, -0.1) is 0 Å². The minimum absolute atomic E-state index is 0.0457. The van der Waals surface area contributed by atoms with Gasteiger partial charge in [-0.1, -0.05) is 0 Å². The summed E-state index contributed by atoms with van der Waals surface area (Å²) < 4.78 is 17.0. The molecule has 1 aliphatic carbocycles. The van der Waals surface area contributed by atoms with Gasteiger partial charge in [-0.3, -0.25) is 0 Å². The average Bonchev–Trinajstić information content (AvgIpc) is 3.31. The van der Waals surface area contributed by atoms with E-state index in [0.29, 0.717) is 6.10 Å². The molecule has 104 valence electrons. The highest BCUT2D eigenvalue weighted by Crippen LogP contribution is 2.39. The first kappa shape index (κ1) is 12.8. The van der Waals surface area contributed by atoms with Crippen LogP contribution in [0, 0.1) is 5.92 Å². The van der Waals surface area contributed by atoms with Crippen molar-refractivity contribution in [3.05, 3.63) is 23.8 Å². The van der Waals surface area contributed by atoms with Crippen molar-refractivity contribution in [2.75, 3.05) is 27.3 Å². The molecular weight excluding hydrogens is 242 g/mol. The summed E-state index contributed by atoms with van der Waals surface area (Å²) in [6, 6.07) is 5.87. The lowest BCUT2D eigenvalue weighted by Crippen LogP contribution is -2.41. The number of ether oxygens (including phenoxy) is 3. The molecule has 2 atom stereocenters. The molecule has 1 N–H and O–H groups in total. The molecule has 4 nitrogen and oxygen atoms in total. The van der Waals surface area contributed by atoms with Crippen LogP contribution in [-0.2, 0) is 4.74 Å². The van der Waals surface area contributed by atoms with E-state index in [4.69, 9.17) is 14.2 Å². The number of hydrogen-bond acceptors (Lipinski definition) is 4. The van der Waals surface area contributed by atoms with Crippen LogP contribution in [0.2, 0.25) is 0 Å². The number of rotatable bonds is 4. The molecule has 19 heavy (non-hydrogen) atoms. The third-order valence-corrected chi connectivity index (χ3v) is 3.95. The smallest absolute Gasteiger partial charge is 0.124 e. The zero-order valence-electron chi connectivity index (χ0n) is 11.5. The van der Waals surface area contributed by atoms with E-state index < -0.39 is 0 Å². The van der Waals surface area contributed by atoms with Crippen LogP contribution in [0.3, 0.4) is 0 Å². The number of methoxy groups -OCH3 is 2. The molecular formula is C15H21NO3. The summed E-state index contributed by atoms with van der Waals surface area (Å²) in [5, 5.41) is 3.47. The van der Waals surface area contributed by atoms with Gasteiger partial charge >= 0.3 is 0 Å². The standard InChI is InChI=1S/C15H21NO3/c1-17-11-5-6-13(18-2)12(7-11)15-9-16-8-14(19-15)10-3-4-10/h5-7,10,14-16H,3-4,8-9H2,1-2H3. The summed E-state index contributed by atoms with van der Waals surface area (Å²) in [7, 11) is 3.37. The highest BCUT2D eigenvalue weighted by atomic mass is 16.5. The summed E-state index contributed by atoms with van der Waals surface area (Å²) in [4.78, 5) is 0. The van der Waals surface area contributed by atoms with Crippen LogP contribution in [0.4, 0.5) is 0 Å². The van der Waals surface area contributed by atoms with Crippen molar-refractivity contribution in [2.45, 2.75) is 25.0 Å². The Labute approximate surface area is 114 Å². The molecule has 1 saturated carbocycles. The van der Waals surface area contributed by atoms with E-state index in [1.54, 1.807) is 14.2 Å². The molecule has 0 bridgehead atoms. The highest BCUT2D eigenvalue weighted by Gasteiger charge is 2.36. The van der Waals surface area contributed by atoms with E-state index in [9.17, 15) is 0 Å². The molecule has 2 unspecified atom stereocenters. The fourth-order valence-electron chi connectivity index (χ4n) is 2.68. The molecule has 1 aliphatic heterocycles. The van der Waals surface area contributed by atoms with Gasteiger partial charge in [-0.05, 0) is 37.0 Å². The highest BCUT2D eigenvalue weighted by molar-refractivity contribution is 5.42. The van der Waals surface area contributed by atoms with Crippen molar-refractivity contribution >= 4 is 0 Å². The topological polar surface area (TPSA) is 39.7 Å². The van der Waals surface area contributed by atoms with Gasteiger partial charge < -0.3 is 19.5 Å². The monoisotopic (exact) mass is 263 g/mol. The van der Waals surface area contributed by atoms with E-state index in [0.717, 1.165) is 36.1 Å². The second kappa shape index (κ2) is 5.39. The van der Waals surface area contributed by atoms with E-state index in [-0.39, 0.29) is 6.10 Å². The van der Waals surface area contributed by atoms with Gasteiger partial charge in [0.15, 0.2) is 0 Å². The number of nitrogens with one attached hydrogen (secondary N) is 1. The number of morpholine rings is 1. The number of hydrogen-bond donors (Lipinski definition) is 1. The first-order valence-electron chi connectivity index (χ1n) is 6.90. The van der Waals surface area contributed by atoms with E-state index in [1.807, 2.05) is 18.2 Å². The molecule has 1 aromatic carbocycles. The molecule has 2 aliphatic rings. The minimum Gasteiger partial charge on any atom is -0.497 e. The average molecular weight is 263 g/mol. The summed E-state index contributed by atoms with van der Waals surface area (Å²) in [5.41, 5.74) is 1.07. The Hall–Kier alpha value is -1.26. The fourth-order valence-corrected chi connectivity index (χ4v) is 2.68. The van der Waals surface area contributed by atoms with Crippen molar-refractivity contribution in [1.29, 1.82) is 0 Å². The summed E-state index contributed by atoms with van der Waals surface area (Å²) in [6.45, 7) is 1.79. The van der Waals surface area contributed by atoms with Crippen LogP contribution in [0.1, 0.15) is 24.5 Å². The maximum atomic E-state index is 6.24. The lowest BCUT2D eigenvalue weighted by molar-refractivity contribution is -0.0502. The lowest BCUT2D eigenvalue weighted by Gasteiger charge is -2.32. The van der Waals surface area contributed by atoms with Crippen molar-refractivity contribution in [2.24, 2.45) is 5.92 Å². The van der Waals surface area contributed by atoms with Gasteiger partial charge in [0.05, 0.1) is 26.4 Å². The van der Waals surface area contributed by atoms with Crippen molar-refractivity contribution in [3.63, 3.8) is 0 Å². The quantitative estimate of drug-likeness (QED) is 0.903. The van der Waals surface area contributed by atoms with Crippen molar-refractivity contribution < 1.29 is 14.2 Å². The minimum atomic E-state index is 0.0457. The molecule has 0 aromatic heterocycles. The molecule has 1 saturated heterocycles. The van der Waals surface area contributed by atoms with Gasteiger partial charge in [0.2, 0.25) is 0 Å². The fraction of sp³-hybridized carbons (Fsp3) is 0.600. The molecule has 2 fully saturated rings. The van der Waals surface area contributed by atoms with Crippen LogP contribution >= 0.6 is 0 Å². The second-order valence-electron chi connectivity index (χ2n) is 5.27. The van der Waals surface area contributed by atoms with Gasteiger partial charge in [-0.2, -0.15) is 0 Å². The summed E-state index contributed by atoms with van der Waals surface area (Å²) in [5.74, 6) is 2.45. The predicted molar refractivity (Wildman–Crippen MR) is 72.8 cm³/mol. The van der Waals surface area contributed by atoms with Gasteiger partial charge in [0.1, 0.15) is 11.5 Å². The maximum absolute atomic E-state index is 6.24. The summed E-state index contributed by atoms with van der Waals surface area (Å²) >= 11 is 0. The SMILES string of the molecule is COc1ccc(OC)c(C2CNCC(C3CC3)O2)c1. The Bertz CT molecular complexity index is 445. The van der Waals surface area contributed by atoms with Gasteiger partial charge in [0.25, 0.3) is 0 Å². The molecule has 4 heteroatoms. The Morgan fingerprint density at radius 2 is 2.00 bits per heavy atom. The Balaban J connectivity index is 1.82. The van der Waals surface area contributed by atoms with E-state index in [2.05, 4.69) is 5.32 Å². The molecule has 3 rings (SSSR count). The van der Waals surface area contributed by atoms with Crippen LogP contribution < -0.4 is 14.8 Å². The first-order chi connectivity index (χ1) is 9.31. The zero-order valence-corrected chi connectivity index (χ0v) is 11.5. The van der Waals surface area contributed by atoms with Crippen LogP contribution in [0.25, 0.3) is 0 Å². The molecule has 0 spiro atoms. The molecule has 0 radical (unpaired) electrons. The van der Waals surface area contributed by atoms with Crippen LogP contribution in [0.5, 0.6) is 11.5 Å². The second-order valence-corrected chi connectivity index (χ2v) is 5.27. The van der Waals surface area contributed by atoms with E-state index in [1.165, 1.54) is 12.8 Å². The zero-order chi connectivity index (χ0) is 13.2. The van der Waals surface area contributed by atoms with Crippen molar-refractivity contribution in [1.82, 2.24) is 5.32 Å². The Kier molecular flexibility index (Phi) is 3.62. The maximum Gasteiger partial charge on any atom is 0.124 e.